The number of carbonyl (C=O) groups is 2. The van der Waals surface area contributed by atoms with E-state index in [1.54, 1.807) is 24.3 Å². The zero-order valence-electron chi connectivity index (χ0n) is 10.4. The Morgan fingerprint density at radius 1 is 1.00 bits per heavy atom. The molecule has 3 nitrogen and oxygen atoms in total. The van der Waals surface area contributed by atoms with Crippen molar-refractivity contribution in [1.82, 2.24) is 0 Å². The van der Waals surface area contributed by atoms with E-state index in [1.165, 1.54) is 30.3 Å². The lowest BCUT2D eigenvalue weighted by Gasteiger charge is -2.05. The average molecular weight is 270 g/mol. The first kappa shape index (κ1) is 13.7. The molecule has 0 saturated carbocycles. The minimum Gasteiger partial charge on any atom is -0.478 e. The number of benzene rings is 2. The molecule has 0 radical (unpaired) electrons. The van der Waals surface area contributed by atoms with Crippen molar-refractivity contribution in [1.29, 1.82) is 0 Å². The Morgan fingerprint density at radius 2 is 1.65 bits per heavy atom. The topological polar surface area (TPSA) is 54.4 Å². The molecule has 0 aliphatic carbocycles. The van der Waals surface area contributed by atoms with E-state index in [0.717, 1.165) is 6.08 Å². The summed E-state index contributed by atoms with van der Waals surface area (Å²) in [6.45, 7) is 0. The van der Waals surface area contributed by atoms with Gasteiger partial charge in [-0.25, -0.2) is 9.18 Å². The smallest absolute Gasteiger partial charge is 0.328 e. The highest BCUT2D eigenvalue weighted by molar-refractivity contribution is 6.11. The second-order valence-electron chi connectivity index (χ2n) is 4.09. The molecule has 20 heavy (non-hydrogen) atoms. The lowest BCUT2D eigenvalue weighted by atomic mass is 9.98. The first-order valence-corrected chi connectivity index (χ1v) is 5.88. The summed E-state index contributed by atoms with van der Waals surface area (Å²) in [6, 6.07) is 11.9. The average Bonchev–Trinajstić information content (AvgIpc) is 2.45. The number of carboxylic acid groups (broad SMARTS) is 1. The van der Waals surface area contributed by atoms with Crippen molar-refractivity contribution in [2.75, 3.05) is 0 Å². The Labute approximate surface area is 115 Å². The molecule has 0 bridgehead atoms. The third kappa shape index (κ3) is 3.17. The molecular weight excluding hydrogens is 259 g/mol. The van der Waals surface area contributed by atoms with Crippen molar-refractivity contribution < 1.29 is 19.1 Å². The summed E-state index contributed by atoms with van der Waals surface area (Å²) in [6.07, 6.45) is 2.33. The van der Waals surface area contributed by atoms with E-state index in [9.17, 15) is 14.0 Å². The highest BCUT2D eigenvalue weighted by atomic mass is 19.1. The fourth-order valence-corrected chi connectivity index (χ4v) is 1.77. The van der Waals surface area contributed by atoms with E-state index in [4.69, 9.17) is 5.11 Å². The monoisotopic (exact) mass is 270 g/mol. The van der Waals surface area contributed by atoms with Gasteiger partial charge < -0.3 is 5.11 Å². The Kier molecular flexibility index (Phi) is 4.05. The van der Waals surface area contributed by atoms with E-state index < -0.39 is 11.8 Å². The molecule has 0 amide bonds. The fraction of sp³-hybridized carbons (Fsp3) is 0. The zero-order valence-corrected chi connectivity index (χ0v) is 10.4. The van der Waals surface area contributed by atoms with Gasteiger partial charge in [0.05, 0.1) is 0 Å². The van der Waals surface area contributed by atoms with Crippen molar-refractivity contribution in [2.45, 2.75) is 0 Å². The highest BCUT2D eigenvalue weighted by Gasteiger charge is 2.12. The molecule has 0 saturated heterocycles. The number of hydrogen-bond acceptors (Lipinski definition) is 2. The van der Waals surface area contributed by atoms with Crippen LogP contribution < -0.4 is 0 Å². The van der Waals surface area contributed by atoms with E-state index in [1.807, 2.05) is 0 Å². The third-order valence-corrected chi connectivity index (χ3v) is 2.72. The van der Waals surface area contributed by atoms with Crippen LogP contribution in [0.2, 0.25) is 0 Å². The number of hydrogen-bond donors (Lipinski definition) is 1. The molecule has 2 aromatic carbocycles. The normalized spacial score (nSPS) is 10.7. The summed E-state index contributed by atoms with van der Waals surface area (Å²) in [5, 5.41) is 8.64. The number of carbonyl (C=O) groups excluding carboxylic acids is 1. The Hall–Kier alpha value is -2.75. The van der Waals surface area contributed by atoms with Gasteiger partial charge in [0, 0.05) is 17.2 Å². The molecule has 0 aromatic heterocycles. The van der Waals surface area contributed by atoms with Crippen LogP contribution in [0.25, 0.3) is 6.08 Å². The largest absolute Gasteiger partial charge is 0.478 e. The van der Waals surface area contributed by atoms with Crippen molar-refractivity contribution >= 4 is 17.8 Å². The van der Waals surface area contributed by atoms with Gasteiger partial charge in [-0.3, -0.25) is 4.79 Å². The van der Waals surface area contributed by atoms with E-state index in [2.05, 4.69) is 0 Å². The van der Waals surface area contributed by atoms with E-state index in [-0.39, 0.29) is 5.78 Å². The van der Waals surface area contributed by atoms with Crippen LogP contribution in [0.4, 0.5) is 4.39 Å². The van der Waals surface area contributed by atoms with Gasteiger partial charge in [-0.1, -0.05) is 24.3 Å². The van der Waals surface area contributed by atoms with Gasteiger partial charge >= 0.3 is 5.97 Å². The second-order valence-corrected chi connectivity index (χ2v) is 4.09. The Balaban J connectivity index is 2.39. The summed E-state index contributed by atoms with van der Waals surface area (Å²) >= 11 is 0. The maximum absolute atomic E-state index is 12.9. The van der Waals surface area contributed by atoms with Crippen LogP contribution in [0.5, 0.6) is 0 Å². The van der Waals surface area contributed by atoms with Gasteiger partial charge in [0.1, 0.15) is 5.82 Å². The molecule has 0 heterocycles. The molecule has 1 N–H and O–H groups in total. The molecule has 0 spiro atoms. The number of carboxylic acids is 1. The van der Waals surface area contributed by atoms with Gasteiger partial charge in [-0.15, -0.1) is 0 Å². The minimum atomic E-state index is -1.09. The van der Waals surface area contributed by atoms with Crippen LogP contribution in [0.1, 0.15) is 21.5 Å². The van der Waals surface area contributed by atoms with Crippen LogP contribution in [0.3, 0.4) is 0 Å². The molecule has 0 atom stereocenters. The van der Waals surface area contributed by atoms with Crippen LogP contribution in [0.15, 0.2) is 54.6 Å². The Morgan fingerprint density at radius 3 is 2.30 bits per heavy atom. The number of ketones is 1. The summed E-state index contributed by atoms with van der Waals surface area (Å²) in [5.74, 6) is -1.79. The molecule has 0 aliphatic heterocycles. The van der Waals surface area contributed by atoms with Crippen LogP contribution >= 0.6 is 0 Å². The van der Waals surface area contributed by atoms with Gasteiger partial charge in [-0.05, 0) is 35.9 Å². The third-order valence-electron chi connectivity index (χ3n) is 2.72. The Bertz CT molecular complexity index is 672. The molecule has 0 aliphatic rings. The SMILES string of the molecule is O=C(O)/C=C/c1ccccc1C(=O)c1ccc(F)cc1. The van der Waals surface area contributed by atoms with Gasteiger partial charge in [0.2, 0.25) is 0 Å². The molecule has 2 aromatic rings. The van der Waals surface area contributed by atoms with Crippen LogP contribution in [-0.2, 0) is 4.79 Å². The van der Waals surface area contributed by atoms with Crippen LogP contribution in [0, 0.1) is 5.82 Å². The van der Waals surface area contributed by atoms with Crippen LogP contribution in [-0.4, -0.2) is 16.9 Å². The van der Waals surface area contributed by atoms with Crippen molar-refractivity contribution in [3.63, 3.8) is 0 Å². The van der Waals surface area contributed by atoms with Gasteiger partial charge in [-0.2, -0.15) is 0 Å². The first-order valence-electron chi connectivity index (χ1n) is 5.88. The maximum Gasteiger partial charge on any atom is 0.328 e. The lowest BCUT2D eigenvalue weighted by molar-refractivity contribution is -0.131. The van der Waals surface area contributed by atoms with Crippen molar-refractivity contribution in [3.05, 3.63) is 77.1 Å². The maximum atomic E-state index is 12.9. The lowest BCUT2D eigenvalue weighted by Crippen LogP contribution is -2.03. The summed E-state index contributed by atoms with van der Waals surface area (Å²) in [4.78, 5) is 22.9. The van der Waals surface area contributed by atoms with E-state index in [0.29, 0.717) is 16.7 Å². The molecule has 2 rings (SSSR count). The molecule has 100 valence electrons. The summed E-state index contributed by atoms with van der Waals surface area (Å²) < 4.78 is 12.9. The molecule has 0 fully saturated rings. The quantitative estimate of drug-likeness (QED) is 0.686. The van der Waals surface area contributed by atoms with Gasteiger partial charge in [0.15, 0.2) is 5.78 Å². The van der Waals surface area contributed by atoms with Gasteiger partial charge in [0.25, 0.3) is 0 Å². The van der Waals surface area contributed by atoms with E-state index >= 15 is 0 Å². The predicted molar refractivity (Wildman–Crippen MR) is 72.9 cm³/mol. The second kappa shape index (κ2) is 5.93. The zero-order chi connectivity index (χ0) is 14.5. The molecular formula is C16H11FO3. The number of aliphatic carboxylic acids is 1. The summed E-state index contributed by atoms with van der Waals surface area (Å²) in [7, 11) is 0. The number of halogens is 1. The first-order chi connectivity index (χ1) is 9.58. The fourth-order valence-electron chi connectivity index (χ4n) is 1.77. The molecule has 0 unspecified atom stereocenters. The summed E-state index contributed by atoms with van der Waals surface area (Å²) in [5.41, 5.74) is 1.23. The predicted octanol–water partition coefficient (Wildman–Crippen LogP) is 3.15. The molecule has 4 heteroatoms. The van der Waals surface area contributed by atoms with Crippen molar-refractivity contribution in [3.8, 4) is 0 Å². The number of rotatable bonds is 4. The standard InChI is InChI=1S/C16H11FO3/c17-13-8-5-12(6-9-13)16(20)14-4-2-1-3-11(14)7-10-15(18)19/h1-10H,(H,18,19)/b10-7+. The van der Waals surface area contributed by atoms with Crippen molar-refractivity contribution in [2.24, 2.45) is 0 Å². The highest BCUT2D eigenvalue weighted by Crippen LogP contribution is 2.16. The minimum absolute atomic E-state index is 0.282.